The van der Waals surface area contributed by atoms with Crippen molar-refractivity contribution in [3.05, 3.63) is 0 Å². The maximum absolute atomic E-state index is 10.7. The zero-order chi connectivity index (χ0) is 6.85. The van der Waals surface area contributed by atoms with Gasteiger partial charge in [-0.3, -0.25) is 4.79 Å². The fourth-order valence-corrected chi connectivity index (χ4v) is 0.929. The minimum absolute atomic E-state index is 0.0336. The van der Waals surface area contributed by atoms with E-state index >= 15 is 0 Å². The Morgan fingerprint density at radius 2 is 2.44 bits per heavy atom. The van der Waals surface area contributed by atoms with Gasteiger partial charge in [-0.05, 0) is 6.42 Å². The lowest BCUT2D eigenvalue weighted by atomic mass is 9.98. The third-order valence-corrected chi connectivity index (χ3v) is 1.73. The van der Waals surface area contributed by atoms with Gasteiger partial charge in [-0.15, -0.1) is 0 Å². The van der Waals surface area contributed by atoms with Gasteiger partial charge in [0.2, 0.25) is 5.91 Å². The lowest BCUT2D eigenvalue weighted by Gasteiger charge is -2.23. The lowest BCUT2D eigenvalue weighted by molar-refractivity contribution is -0.130. The molecular formula is C6H11NO2. The second-order valence-corrected chi connectivity index (χ2v) is 2.44. The van der Waals surface area contributed by atoms with Gasteiger partial charge in [-0.1, -0.05) is 6.92 Å². The van der Waals surface area contributed by atoms with Crippen LogP contribution in [0.3, 0.4) is 0 Å². The summed E-state index contributed by atoms with van der Waals surface area (Å²) < 4.78 is 0. The smallest absolute Gasteiger partial charge is 0.225 e. The number of aliphatic hydroxyl groups is 1. The second kappa shape index (κ2) is 2.35. The molecule has 2 atom stereocenters. The highest BCUT2D eigenvalue weighted by Gasteiger charge is 2.25. The molecule has 1 rings (SSSR count). The summed E-state index contributed by atoms with van der Waals surface area (Å²) in [6.45, 7) is 2.35. The van der Waals surface area contributed by atoms with Gasteiger partial charge in [-0.25, -0.2) is 0 Å². The van der Waals surface area contributed by atoms with Crippen molar-refractivity contribution in [1.82, 2.24) is 5.32 Å². The number of carbonyl (C=O) groups is 1. The first-order chi connectivity index (χ1) is 4.22. The molecule has 9 heavy (non-hydrogen) atoms. The van der Waals surface area contributed by atoms with Gasteiger partial charge in [-0.2, -0.15) is 0 Å². The monoisotopic (exact) mass is 129 g/mol. The molecule has 3 heteroatoms. The molecule has 0 aromatic carbocycles. The Morgan fingerprint density at radius 3 is 2.89 bits per heavy atom. The van der Waals surface area contributed by atoms with Crippen LogP contribution in [0.25, 0.3) is 0 Å². The molecule has 0 spiro atoms. The molecule has 52 valence electrons. The summed E-state index contributed by atoms with van der Waals surface area (Å²) in [5, 5.41) is 11.8. The number of hydrogen-bond donors (Lipinski definition) is 2. The van der Waals surface area contributed by atoms with Crippen molar-refractivity contribution in [3.8, 4) is 0 Å². The second-order valence-electron chi connectivity index (χ2n) is 2.44. The Bertz CT molecular complexity index is 124. The molecule has 1 aliphatic rings. The Hall–Kier alpha value is -0.570. The van der Waals surface area contributed by atoms with Crippen molar-refractivity contribution < 1.29 is 9.90 Å². The number of nitrogens with one attached hydrogen (secondary N) is 1. The summed E-state index contributed by atoms with van der Waals surface area (Å²) in [5.74, 6) is -0.257. The fraction of sp³-hybridized carbons (Fsp3) is 0.833. The first-order valence-corrected chi connectivity index (χ1v) is 3.17. The van der Waals surface area contributed by atoms with E-state index in [0.717, 1.165) is 0 Å². The molecule has 1 amide bonds. The number of rotatable bonds is 0. The van der Waals surface area contributed by atoms with Gasteiger partial charge in [0, 0.05) is 6.54 Å². The molecule has 0 aromatic heterocycles. The highest BCUT2D eigenvalue weighted by atomic mass is 16.3. The summed E-state index contributed by atoms with van der Waals surface area (Å²) >= 11 is 0. The van der Waals surface area contributed by atoms with E-state index in [-0.39, 0.29) is 11.8 Å². The van der Waals surface area contributed by atoms with Crippen LogP contribution >= 0.6 is 0 Å². The van der Waals surface area contributed by atoms with E-state index in [0.29, 0.717) is 13.0 Å². The highest BCUT2D eigenvalue weighted by Crippen LogP contribution is 2.10. The maximum atomic E-state index is 10.7. The topological polar surface area (TPSA) is 49.3 Å². The zero-order valence-corrected chi connectivity index (χ0v) is 5.42. The largest absolute Gasteiger partial charge is 0.392 e. The van der Waals surface area contributed by atoms with Crippen LogP contribution < -0.4 is 5.32 Å². The predicted molar refractivity (Wildman–Crippen MR) is 32.8 cm³/mol. The van der Waals surface area contributed by atoms with E-state index in [4.69, 9.17) is 5.11 Å². The van der Waals surface area contributed by atoms with Crippen LogP contribution in [0.5, 0.6) is 0 Å². The van der Waals surface area contributed by atoms with E-state index in [1.165, 1.54) is 0 Å². The van der Waals surface area contributed by atoms with E-state index in [2.05, 4.69) is 5.32 Å². The molecule has 1 aliphatic heterocycles. The Kier molecular flexibility index (Phi) is 1.71. The third-order valence-electron chi connectivity index (χ3n) is 1.73. The lowest BCUT2D eigenvalue weighted by Crippen LogP contribution is -2.43. The van der Waals surface area contributed by atoms with Crippen LogP contribution in [0.4, 0.5) is 0 Å². The molecule has 0 bridgehead atoms. The van der Waals surface area contributed by atoms with Gasteiger partial charge in [0.25, 0.3) is 0 Å². The molecule has 0 aliphatic carbocycles. The van der Waals surface area contributed by atoms with Crippen molar-refractivity contribution in [3.63, 3.8) is 0 Å². The van der Waals surface area contributed by atoms with E-state index < -0.39 is 6.10 Å². The number of piperidine rings is 1. The van der Waals surface area contributed by atoms with Crippen LogP contribution in [-0.2, 0) is 4.79 Å². The average molecular weight is 129 g/mol. The van der Waals surface area contributed by atoms with Crippen LogP contribution in [0.2, 0.25) is 0 Å². The zero-order valence-electron chi connectivity index (χ0n) is 5.42. The van der Waals surface area contributed by atoms with Gasteiger partial charge in [0.1, 0.15) is 0 Å². The van der Waals surface area contributed by atoms with Crippen LogP contribution in [0.1, 0.15) is 13.3 Å². The van der Waals surface area contributed by atoms with E-state index in [1.54, 1.807) is 6.92 Å². The number of amides is 1. The third kappa shape index (κ3) is 1.21. The molecular weight excluding hydrogens is 118 g/mol. The van der Waals surface area contributed by atoms with Crippen LogP contribution in [0.15, 0.2) is 0 Å². The predicted octanol–water partition coefficient (Wildman–Crippen LogP) is -0.497. The van der Waals surface area contributed by atoms with Gasteiger partial charge in [0.05, 0.1) is 12.0 Å². The fourth-order valence-electron chi connectivity index (χ4n) is 0.929. The summed E-state index contributed by atoms with van der Waals surface area (Å²) in [5.41, 5.74) is 0. The highest BCUT2D eigenvalue weighted by molar-refractivity contribution is 5.79. The first-order valence-electron chi connectivity index (χ1n) is 3.17. The Morgan fingerprint density at radius 1 is 1.78 bits per heavy atom. The molecule has 0 radical (unpaired) electrons. The van der Waals surface area contributed by atoms with Crippen molar-refractivity contribution in [1.29, 1.82) is 0 Å². The van der Waals surface area contributed by atoms with E-state index in [9.17, 15) is 4.79 Å². The van der Waals surface area contributed by atoms with Gasteiger partial charge < -0.3 is 10.4 Å². The molecule has 2 N–H and O–H groups in total. The van der Waals surface area contributed by atoms with Crippen molar-refractivity contribution in [2.24, 2.45) is 5.92 Å². The Labute approximate surface area is 54.1 Å². The summed E-state index contributed by atoms with van der Waals surface area (Å²) in [7, 11) is 0. The van der Waals surface area contributed by atoms with Gasteiger partial charge >= 0.3 is 0 Å². The minimum Gasteiger partial charge on any atom is -0.392 e. The minimum atomic E-state index is -0.432. The molecule has 1 fully saturated rings. The number of carbonyl (C=O) groups excluding carboxylic acids is 1. The molecule has 1 heterocycles. The summed E-state index contributed by atoms with van der Waals surface area (Å²) in [4.78, 5) is 10.7. The SMILES string of the molecule is CC1C(=O)NCCC1O. The average Bonchev–Trinajstić information content (AvgIpc) is 1.83. The normalized spacial score (nSPS) is 36.0. The Balaban J connectivity index is 2.51. The molecule has 2 unspecified atom stereocenters. The quantitative estimate of drug-likeness (QED) is 0.463. The molecule has 0 aromatic rings. The number of aliphatic hydroxyl groups excluding tert-OH is 1. The van der Waals surface area contributed by atoms with E-state index in [1.807, 2.05) is 0 Å². The maximum Gasteiger partial charge on any atom is 0.225 e. The molecule has 0 saturated carbocycles. The number of hydrogen-bond acceptors (Lipinski definition) is 2. The molecule has 1 saturated heterocycles. The first kappa shape index (κ1) is 6.55. The summed E-state index contributed by atoms with van der Waals surface area (Å²) in [6, 6.07) is 0. The van der Waals surface area contributed by atoms with Gasteiger partial charge in [0.15, 0.2) is 0 Å². The standard InChI is InChI=1S/C6H11NO2/c1-4-5(8)2-3-7-6(4)9/h4-5,8H,2-3H2,1H3,(H,7,9). The van der Waals surface area contributed by atoms with Crippen LogP contribution in [0, 0.1) is 5.92 Å². The van der Waals surface area contributed by atoms with Crippen LogP contribution in [-0.4, -0.2) is 23.7 Å². The van der Waals surface area contributed by atoms with Crippen molar-refractivity contribution in [2.75, 3.05) is 6.54 Å². The molecule has 3 nitrogen and oxygen atoms in total. The summed E-state index contributed by atoms with van der Waals surface area (Å²) in [6.07, 6.45) is 0.256. The van der Waals surface area contributed by atoms with Crippen molar-refractivity contribution in [2.45, 2.75) is 19.4 Å². The van der Waals surface area contributed by atoms with Crippen molar-refractivity contribution >= 4 is 5.91 Å².